The first-order chi connectivity index (χ1) is 9.06. The number of benzene rings is 1. The third kappa shape index (κ3) is 2.23. The van der Waals surface area contributed by atoms with E-state index in [1.54, 1.807) is 25.3 Å². The quantitative estimate of drug-likeness (QED) is 0.901. The number of H-pyrrole nitrogens is 1. The van der Waals surface area contributed by atoms with Crippen molar-refractivity contribution in [2.75, 3.05) is 4.72 Å². The van der Waals surface area contributed by atoms with Crippen molar-refractivity contribution >= 4 is 15.8 Å². The maximum absolute atomic E-state index is 12.3. The molecule has 6 heteroatoms. The standard InChI is InChI=1S/C13H15N3O2S/c1-9-8-14-15-13(9)16-19(17,18)12-6-5-10-3-2-4-11(10)7-12/h5-8H,2-4H2,1H3,(H2,14,15,16). The average molecular weight is 277 g/mol. The first-order valence-electron chi connectivity index (χ1n) is 6.21. The molecule has 3 rings (SSSR count). The van der Waals surface area contributed by atoms with Gasteiger partial charge in [0.05, 0.1) is 11.1 Å². The van der Waals surface area contributed by atoms with Gasteiger partial charge in [0, 0.05) is 5.56 Å². The van der Waals surface area contributed by atoms with E-state index < -0.39 is 10.0 Å². The van der Waals surface area contributed by atoms with Gasteiger partial charge in [0.1, 0.15) is 5.82 Å². The second-order valence-electron chi connectivity index (χ2n) is 4.82. The normalized spacial score (nSPS) is 14.4. The minimum absolute atomic E-state index is 0.308. The number of fused-ring (bicyclic) bond motifs is 1. The summed E-state index contributed by atoms with van der Waals surface area (Å²) in [5.74, 6) is 0.417. The number of anilines is 1. The molecule has 0 fully saturated rings. The molecule has 0 amide bonds. The van der Waals surface area contributed by atoms with Crippen LogP contribution in [0.3, 0.4) is 0 Å². The second-order valence-corrected chi connectivity index (χ2v) is 6.50. The Kier molecular flexibility index (Phi) is 2.82. The molecule has 0 unspecified atom stereocenters. The lowest BCUT2D eigenvalue weighted by Crippen LogP contribution is -2.14. The number of sulfonamides is 1. The molecule has 1 aromatic carbocycles. The monoisotopic (exact) mass is 277 g/mol. The fourth-order valence-corrected chi connectivity index (χ4v) is 3.50. The minimum Gasteiger partial charge on any atom is -0.264 e. The molecule has 1 heterocycles. The highest BCUT2D eigenvalue weighted by Gasteiger charge is 2.19. The molecule has 19 heavy (non-hydrogen) atoms. The molecule has 0 spiro atoms. The SMILES string of the molecule is Cc1cn[nH]c1NS(=O)(=O)c1ccc2c(c1)CCC2. The zero-order valence-corrected chi connectivity index (χ0v) is 11.4. The number of hydrogen-bond donors (Lipinski definition) is 2. The van der Waals surface area contributed by atoms with Crippen LogP contribution in [0.2, 0.25) is 0 Å². The van der Waals surface area contributed by atoms with Crippen molar-refractivity contribution in [1.29, 1.82) is 0 Å². The Balaban J connectivity index is 1.94. The van der Waals surface area contributed by atoms with E-state index in [0.717, 1.165) is 30.4 Å². The number of aromatic amines is 1. The molecule has 0 bridgehead atoms. The van der Waals surface area contributed by atoms with Crippen LogP contribution < -0.4 is 4.72 Å². The zero-order valence-electron chi connectivity index (χ0n) is 10.6. The fourth-order valence-electron chi connectivity index (χ4n) is 2.36. The van der Waals surface area contributed by atoms with Gasteiger partial charge in [-0.2, -0.15) is 5.10 Å². The van der Waals surface area contributed by atoms with Crippen LogP contribution in [-0.4, -0.2) is 18.6 Å². The Morgan fingerprint density at radius 2 is 2.05 bits per heavy atom. The first kappa shape index (κ1) is 12.2. The van der Waals surface area contributed by atoms with Gasteiger partial charge in [-0.25, -0.2) is 8.42 Å². The van der Waals surface area contributed by atoms with Crippen LogP contribution in [0.5, 0.6) is 0 Å². The number of aromatic nitrogens is 2. The van der Waals surface area contributed by atoms with E-state index in [1.807, 2.05) is 6.07 Å². The molecule has 1 aliphatic carbocycles. The smallest absolute Gasteiger partial charge is 0.263 e. The first-order valence-corrected chi connectivity index (χ1v) is 7.69. The van der Waals surface area contributed by atoms with Crippen molar-refractivity contribution < 1.29 is 8.42 Å². The van der Waals surface area contributed by atoms with Gasteiger partial charge in [-0.05, 0) is 49.4 Å². The van der Waals surface area contributed by atoms with Gasteiger partial charge in [0.25, 0.3) is 10.0 Å². The van der Waals surface area contributed by atoms with Crippen molar-refractivity contribution in [2.45, 2.75) is 31.1 Å². The summed E-state index contributed by atoms with van der Waals surface area (Å²) in [5.41, 5.74) is 3.17. The maximum Gasteiger partial charge on any atom is 0.263 e. The van der Waals surface area contributed by atoms with E-state index in [4.69, 9.17) is 0 Å². The molecule has 5 nitrogen and oxygen atoms in total. The van der Waals surface area contributed by atoms with Crippen LogP contribution in [0.1, 0.15) is 23.1 Å². The lowest BCUT2D eigenvalue weighted by Gasteiger charge is -2.08. The van der Waals surface area contributed by atoms with Crippen LogP contribution in [0.25, 0.3) is 0 Å². The van der Waals surface area contributed by atoms with Gasteiger partial charge in [-0.15, -0.1) is 0 Å². The van der Waals surface area contributed by atoms with E-state index in [0.29, 0.717) is 10.7 Å². The summed E-state index contributed by atoms with van der Waals surface area (Å²) in [7, 11) is -3.55. The van der Waals surface area contributed by atoms with Crippen LogP contribution >= 0.6 is 0 Å². The highest BCUT2D eigenvalue weighted by molar-refractivity contribution is 7.92. The van der Waals surface area contributed by atoms with E-state index in [-0.39, 0.29) is 0 Å². The highest BCUT2D eigenvalue weighted by atomic mass is 32.2. The van der Waals surface area contributed by atoms with Crippen molar-refractivity contribution in [1.82, 2.24) is 10.2 Å². The fraction of sp³-hybridized carbons (Fsp3) is 0.308. The maximum atomic E-state index is 12.3. The number of rotatable bonds is 3. The second kappa shape index (κ2) is 4.38. The van der Waals surface area contributed by atoms with Gasteiger partial charge >= 0.3 is 0 Å². The Hall–Kier alpha value is -1.82. The summed E-state index contributed by atoms with van der Waals surface area (Å²) in [6, 6.07) is 5.35. The Labute approximate surface area is 112 Å². The Morgan fingerprint density at radius 3 is 2.79 bits per heavy atom. The summed E-state index contributed by atoms with van der Waals surface area (Å²) in [6.07, 6.45) is 4.69. The van der Waals surface area contributed by atoms with E-state index >= 15 is 0 Å². The summed E-state index contributed by atoms with van der Waals surface area (Å²) in [6.45, 7) is 1.80. The molecule has 0 saturated heterocycles. The number of nitrogens with zero attached hydrogens (tertiary/aromatic N) is 1. The molecule has 0 aliphatic heterocycles. The predicted octanol–water partition coefficient (Wildman–Crippen LogP) is 2.01. The van der Waals surface area contributed by atoms with Crippen LogP contribution in [-0.2, 0) is 22.9 Å². The van der Waals surface area contributed by atoms with Crippen molar-refractivity contribution in [3.63, 3.8) is 0 Å². The Bertz CT molecular complexity index is 719. The van der Waals surface area contributed by atoms with E-state index in [1.165, 1.54) is 5.56 Å². The van der Waals surface area contributed by atoms with Crippen molar-refractivity contribution in [2.24, 2.45) is 0 Å². The summed E-state index contributed by atoms with van der Waals surface area (Å²) in [5, 5.41) is 6.45. The largest absolute Gasteiger partial charge is 0.264 e. The van der Waals surface area contributed by atoms with Gasteiger partial charge in [0.15, 0.2) is 0 Å². The zero-order chi connectivity index (χ0) is 13.5. The number of aryl methyl sites for hydroxylation is 3. The van der Waals surface area contributed by atoms with E-state index in [2.05, 4.69) is 14.9 Å². The molecule has 0 saturated carbocycles. The summed E-state index contributed by atoms with van der Waals surface area (Å²) in [4.78, 5) is 0.308. The molecule has 0 atom stereocenters. The van der Waals surface area contributed by atoms with E-state index in [9.17, 15) is 8.42 Å². The van der Waals surface area contributed by atoms with Gasteiger partial charge in [0.2, 0.25) is 0 Å². The average Bonchev–Trinajstić information content (AvgIpc) is 2.97. The third-order valence-corrected chi connectivity index (χ3v) is 4.79. The molecular formula is C13H15N3O2S. The van der Waals surface area contributed by atoms with Gasteiger partial charge in [-0.1, -0.05) is 6.07 Å². The molecular weight excluding hydrogens is 262 g/mol. The van der Waals surface area contributed by atoms with Crippen LogP contribution in [0.4, 0.5) is 5.82 Å². The molecule has 1 aliphatic rings. The van der Waals surface area contributed by atoms with Crippen molar-refractivity contribution in [3.05, 3.63) is 41.1 Å². The number of nitrogens with one attached hydrogen (secondary N) is 2. The Morgan fingerprint density at radius 1 is 1.26 bits per heavy atom. The van der Waals surface area contributed by atoms with Crippen LogP contribution in [0, 0.1) is 6.92 Å². The predicted molar refractivity (Wildman–Crippen MR) is 72.6 cm³/mol. The third-order valence-electron chi connectivity index (χ3n) is 3.45. The highest BCUT2D eigenvalue weighted by Crippen LogP contribution is 2.25. The van der Waals surface area contributed by atoms with Crippen LogP contribution in [0.15, 0.2) is 29.3 Å². The summed E-state index contributed by atoms with van der Waals surface area (Å²) < 4.78 is 27.1. The van der Waals surface area contributed by atoms with Crippen molar-refractivity contribution in [3.8, 4) is 0 Å². The molecule has 2 aromatic rings. The lowest BCUT2D eigenvalue weighted by molar-refractivity contribution is 0.601. The summed E-state index contributed by atoms with van der Waals surface area (Å²) >= 11 is 0. The van der Waals surface area contributed by atoms with Gasteiger partial charge < -0.3 is 0 Å². The van der Waals surface area contributed by atoms with Gasteiger partial charge in [-0.3, -0.25) is 9.82 Å². The molecule has 1 aromatic heterocycles. The molecule has 2 N–H and O–H groups in total. The molecule has 100 valence electrons. The topological polar surface area (TPSA) is 74.8 Å². The lowest BCUT2D eigenvalue weighted by atomic mass is 10.1. The molecule has 0 radical (unpaired) electrons. The number of hydrogen-bond acceptors (Lipinski definition) is 3. The minimum atomic E-state index is -3.55.